The highest BCUT2D eigenvalue weighted by Gasteiger charge is 2.11. The van der Waals surface area contributed by atoms with Gasteiger partial charge in [0.2, 0.25) is 0 Å². The molecule has 1 aromatic heterocycles. The molecule has 0 amide bonds. The van der Waals surface area contributed by atoms with Gasteiger partial charge in [-0.15, -0.1) is 0 Å². The lowest BCUT2D eigenvalue weighted by Crippen LogP contribution is -2.20. The van der Waals surface area contributed by atoms with E-state index >= 15 is 0 Å². The number of benzene rings is 1. The molecule has 0 atom stereocenters. The lowest BCUT2D eigenvalue weighted by atomic mass is 9.97. The molecule has 2 aromatic rings. The topological polar surface area (TPSA) is 37.8 Å². The molecule has 17 heavy (non-hydrogen) atoms. The summed E-state index contributed by atoms with van der Waals surface area (Å²) in [6.07, 6.45) is 0. The van der Waals surface area contributed by atoms with Gasteiger partial charge in [0.05, 0.1) is 16.7 Å². The second-order valence-corrected chi connectivity index (χ2v) is 5.56. The zero-order chi connectivity index (χ0) is 12.5. The van der Waals surface area contributed by atoms with Gasteiger partial charge in [0.15, 0.2) is 0 Å². The zero-order valence-corrected chi connectivity index (χ0v) is 10.9. The molecular formula is C14H19N3. The molecule has 3 heteroatoms. The van der Waals surface area contributed by atoms with Gasteiger partial charge in [-0.2, -0.15) is 0 Å². The van der Waals surface area contributed by atoms with Crippen LogP contribution in [0, 0.1) is 12.3 Å². The van der Waals surface area contributed by atoms with Crippen LogP contribution in [0.15, 0.2) is 24.3 Å². The minimum absolute atomic E-state index is 0.236. The van der Waals surface area contributed by atoms with E-state index in [1.807, 2.05) is 31.2 Å². The van der Waals surface area contributed by atoms with Crippen LogP contribution in [0.5, 0.6) is 0 Å². The van der Waals surface area contributed by atoms with Crippen LogP contribution < -0.4 is 5.32 Å². The SMILES string of the molecule is Cc1nc2ccccc2nc1NCC(C)(C)C. The van der Waals surface area contributed by atoms with Gasteiger partial charge in [-0.05, 0) is 24.5 Å². The van der Waals surface area contributed by atoms with Crippen LogP contribution in [0.25, 0.3) is 11.0 Å². The van der Waals surface area contributed by atoms with Crippen LogP contribution in [0.4, 0.5) is 5.82 Å². The average Bonchev–Trinajstić information content (AvgIpc) is 2.25. The fourth-order valence-electron chi connectivity index (χ4n) is 1.60. The van der Waals surface area contributed by atoms with Crippen LogP contribution in [0.1, 0.15) is 26.5 Å². The number of anilines is 1. The Morgan fingerprint density at radius 2 is 1.65 bits per heavy atom. The molecule has 0 radical (unpaired) electrons. The summed E-state index contributed by atoms with van der Waals surface area (Å²) in [6, 6.07) is 7.95. The monoisotopic (exact) mass is 229 g/mol. The maximum atomic E-state index is 4.60. The first-order valence-electron chi connectivity index (χ1n) is 5.93. The molecule has 0 aliphatic carbocycles. The van der Waals surface area contributed by atoms with Crippen molar-refractivity contribution in [2.45, 2.75) is 27.7 Å². The normalized spacial score (nSPS) is 11.8. The third-order valence-corrected chi connectivity index (χ3v) is 2.53. The highest BCUT2D eigenvalue weighted by atomic mass is 15.0. The van der Waals surface area contributed by atoms with E-state index in [-0.39, 0.29) is 5.41 Å². The van der Waals surface area contributed by atoms with Crippen LogP contribution in [-0.4, -0.2) is 16.5 Å². The van der Waals surface area contributed by atoms with Crippen molar-refractivity contribution in [3.8, 4) is 0 Å². The minimum atomic E-state index is 0.236. The Balaban J connectivity index is 2.31. The summed E-state index contributed by atoms with van der Waals surface area (Å²) in [6.45, 7) is 9.47. The predicted molar refractivity (Wildman–Crippen MR) is 72.2 cm³/mol. The van der Waals surface area contributed by atoms with Crippen molar-refractivity contribution in [2.75, 3.05) is 11.9 Å². The maximum Gasteiger partial charge on any atom is 0.148 e. The molecule has 0 saturated carbocycles. The molecule has 0 bridgehead atoms. The lowest BCUT2D eigenvalue weighted by Gasteiger charge is -2.19. The van der Waals surface area contributed by atoms with Gasteiger partial charge < -0.3 is 5.32 Å². The fraction of sp³-hybridized carbons (Fsp3) is 0.429. The highest BCUT2D eigenvalue weighted by molar-refractivity contribution is 5.76. The number of fused-ring (bicyclic) bond motifs is 1. The number of aromatic nitrogens is 2. The number of aryl methyl sites for hydroxylation is 1. The average molecular weight is 229 g/mol. The van der Waals surface area contributed by atoms with Gasteiger partial charge in [-0.3, -0.25) is 0 Å². The molecule has 0 unspecified atom stereocenters. The van der Waals surface area contributed by atoms with Crippen LogP contribution in [0.2, 0.25) is 0 Å². The summed E-state index contributed by atoms with van der Waals surface area (Å²) in [5.74, 6) is 0.888. The van der Waals surface area contributed by atoms with Crippen molar-refractivity contribution in [1.82, 2.24) is 9.97 Å². The van der Waals surface area contributed by atoms with Crippen molar-refractivity contribution >= 4 is 16.9 Å². The van der Waals surface area contributed by atoms with E-state index in [1.165, 1.54) is 0 Å². The fourth-order valence-corrected chi connectivity index (χ4v) is 1.60. The van der Waals surface area contributed by atoms with Gasteiger partial charge in [0.25, 0.3) is 0 Å². The Morgan fingerprint density at radius 3 is 2.24 bits per heavy atom. The predicted octanol–water partition coefficient (Wildman–Crippen LogP) is 3.40. The van der Waals surface area contributed by atoms with E-state index in [2.05, 4.69) is 36.1 Å². The van der Waals surface area contributed by atoms with E-state index in [1.54, 1.807) is 0 Å². The Bertz CT molecular complexity index is 526. The number of hydrogen-bond donors (Lipinski definition) is 1. The summed E-state index contributed by atoms with van der Waals surface area (Å²) in [4.78, 5) is 9.16. The third-order valence-electron chi connectivity index (χ3n) is 2.53. The first-order valence-corrected chi connectivity index (χ1v) is 5.93. The Morgan fingerprint density at radius 1 is 1.06 bits per heavy atom. The van der Waals surface area contributed by atoms with E-state index in [0.717, 1.165) is 29.1 Å². The number of rotatable bonds is 2. The number of para-hydroxylation sites is 2. The van der Waals surface area contributed by atoms with Gasteiger partial charge in [-0.1, -0.05) is 32.9 Å². The number of hydrogen-bond acceptors (Lipinski definition) is 3. The molecule has 0 fully saturated rings. The van der Waals surface area contributed by atoms with Crippen LogP contribution in [0.3, 0.4) is 0 Å². The van der Waals surface area contributed by atoms with Crippen molar-refractivity contribution in [2.24, 2.45) is 5.41 Å². The minimum Gasteiger partial charge on any atom is -0.368 e. The molecule has 0 aliphatic heterocycles. The molecule has 1 heterocycles. The van der Waals surface area contributed by atoms with Crippen molar-refractivity contribution in [3.63, 3.8) is 0 Å². The van der Waals surface area contributed by atoms with E-state index < -0.39 is 0 Å². The van der Waals surface area contributed by atoms with E-state index in [9.17, 15) is 0 Å². The summed E-state index contributed by atoms with van der Waals surface area (Å²) in [5, 5.41) is 3.37. The second-order valence-electron chi connectivity index (χ2n) is 5.56. The van der Waals surface area contributed by atoms with Gasteiger partial charge in [-0.25, -0.2) is 9.97 Å². The largest absolute Gasteiger partial charge is 0.368 e. The van der Waals surface area contributed by atoms with E-state index in [4.69, 9.17) is 0 Å². The summed E-state index contributed by atoms with van der Waals surface area (Å²) in [7, 11) is 0. The first-order chi connectivity index (χ1) is 7.96. The molecule has 0 spiro atoms. The number of nitrogens with zero attached hydrogens (tertiary/aromatic N) is 2. The second kappa shape index (κ2) is 4.32. The van der Waals surface area contributed by atoms with Gasteiger partial charge in [0.1, 0.15) is 5.82 Å². The Hall–Kier alpha value is -1.64. The van der Waals surface area contributed by atoms with Crippen molar-refractivity contribution in [3.05, 3.63) is 30.0 Å². The summed E-state index contributed by atoms with van der Waals surface area (Å²) >= 11 is 0. The molecule has 3 nitrogen and oxygen atoms in total. The van der Waals surface area contributed by atoms with Gasteiger partial charge in [0, 0.05) is 6.54 Å². The van der Waals surface area contributed by atoms with Gasteiger partial charge >= 0.3 is 0 Å². The standard InChI is InChI=1S/C14H19N3/c1-10-13(15-9-14(2,3)4)17-12-8-6-5-7-11(12)16-10/h5-8H,9H2,1-4H3,(H,15,17). The number of nitrogens with one attached hydrogen (secondary N) is 1. The third kappa shape index (κ3) is 2.93. The van der Waals surface area contributed by atoms with Crippen LogP contribution >= 0.6 is 0 Å². The lowest BCUT2D eigenvalue weighted by molar-refractivity contribution is 0.442. The summed E-state index contributed by atoms with van der Waals surface area (Å²) in [5.41, 5.74) is 3.08. The quantitative estimate of drug-likeness (QED) is 0.857. The Labute approximate surface area is 102 Å². The molecule has 0 aliphatic rings. The van der Waals surface area contributed by atoms with Crippen LogP contribution in [-0.2, 0) is 0 Å². The molecule has 90 valence electrons. The summed E-state index contributed by atoms with van der Waals surface area (Å²) < 4.78 is 0. The molecule has 2 rings (SSSR count). The highest BCUT2D eigenvalue weighted by Crippen LogP contribution is 2.18. The smallest absolute Gasteiger partial charge is 0.148 e. The Kier molecular flexibility index (Phi) is 3.01. The maximum absolute atomic E-state index is 4.60. The van der Waals surface area contributed by atoms with Crippen molar-refractivity contribution in [1.29, 1.82) is 0 Å². The molecule has 1 N–H and O–H groups in total. The molecule has 1 aromatic carbocycles. The zero-order valence-electron chi connectivity index (χ0n) is 10.9. The molecule has 0 saturated heterocycles. The first kappa shape index (κ1) is 11.8. The van der Waals surface area contributed by atoms with E-state index in [0.29, 0.717) is 0 Å². The molecular weight excluding hydrogens is 210 g/mol. The van der Waals surface area contributed by atoms with Crippen molar-refractivity contribution < 1.29 is 0 Å².